The van der Waals surface area contributed by atoms with Gasteiger partial charge in [-0.05, 0) is 27.7 Å². The first-order valence-electron chi connectivity index (χ1n) is 6.54. The lowest BCUT2D eigenvalue weighted by atomic mass is 10.2. The summed E-state index contributed by atoms with van der Waals surface area (Å²) < 4.78 is 6.82. The average molecular weight is 282 g/mol. The summed E-state index contributed by atoms with van der Waals surface area (Å²) in [6.07, 6.45) is 2.67. The van der Waals surface area contributed by atoms with Gasteiger partial charge in [-0.3, -0.25) is 4.79 Å². The van der Waals surface area contributed by atoms with Gasteiger partial charge in [0.2, 0.25) is 5.91 Å². The molecule has 0 atom stereocenters. The molecule has 20 heavy (non-hydrogen) atoms. The highest BCUT2D eigenvalue weighted by Crippen LogP contribution is 2.07. The molecular weight excluding hydrogens is 260 g/mol. The first-order valence-corrected chi connectivity index (χ1v) is 6.54. The predicted octanol–water partition coefficient (Wildman–Crippen LogP) is 1.04. The number of nitrogens with one attached hydrogen (secondary N) is 2. The monoisotopic (exact) mass is 282 g/mol. The van der Waals surface area contributed by atoms with Crippen LogP contribution in [0, 0.1) is 0 Å². The molecule has 0 radical (unpaired) electrons. The van der Waals surface area contributed by atoms with Gasteiger partial charge in [0.05, 0.1) is 18.6 Å². The zero-order chi connectivity index (χ0) is 15.2. The SMILES string of the molecule is CCNC(=O)Cn1cncc1CNC(=O)OC(C)(C)C. The Morgan fingerprint density at radius 3 is 2.65 bits per heavy atom. The number of ether oxygens (including phenoxy) is 1. The number of imidazole rings is 1. The van der Waals surface area contributed by atoms with Crippen molar-refractivity contribution in [2.24, 2.45) is 0 Å². The third-order valence-corrected chi connectivity index (χ3v) is 2.30. The van der Waals surface area contributed by atoms with Gasteiger partial charge in [-0.25, -0.2) is 9.78 Å². The van der Waals surface area contributed by atoms with Gasteiger partial charge < -0.3 is 19.9 Å². The molecule has 2 amide bonds. The van der Waals surface area contributed by atoms with E-state index in [0.29, 0.717) is 6.54 Å². The fourth-order valence-corrected chi connectivity index (χ4v) is 1.52. The zero-order valence-corrected chi connectivity index (χ0v) is 12.4. The summed E-state index contributed by atoms with van der Waals surface area (Å²) in [5, 5.41) is 5.34. The van der Waals surface area contributed by atoms with E-state index in [-0.39, 0.29) is 19.0 Å². The zero-order valence-electron chi connectivity index (χ0n) is 12.4. The Hall–Kier alpha value is -2.05. The number of hydrogen-bond acceptors (Lipinski definition) is 4. The lowest BCUT2D eigenvalue weighted by molar-refractivity contribution is -0.121. The van der Waals surface area contributed by atoms with Gasteiger partial charge in [-0.1, -0.05) is 0 Å². The molecule has 0 bridgehead atoms. The summed E-state index contributed by atoms with van der Waals surface area (Å²) in [6.45, 7) is 8.27. The van der Waals surface area contributed by atoms with Crippen LogP contribution in [0.1, 0.15) is 33.4 Å². The number of rotatable bonds is 5. The number of hydrogen-bond donors (Lipinski definition) is 2. The molecule has 0 aliphatic heterocycles. The molecular formula is C13H22N4O3. The fourth-order valence-electron chi connectivity index (χ4n) is 1.52. The van der Waals surface area contributed by atoms with Crippen LogP contribution in [-0.2, 0) is 22.6 Å². The molecule has 0 saturated carbocycles. The maximum atomic E-state index is 11.5. The van der Waals surface area contributed by atoms with Gasteiger partial charge in [0, 0.05) is 12.7 Å². The second-order valence-corrected chi connectivity index (χ2v) is 5.32. The third-order valence-electron chi connectivity index (χ3n) is 2.30. The molecule has 1 aromatic heterocycles. The van der Waals surface area contributed by atoms with Crippen LogP contribution in [0.25, 0.3) is 0 Å². The molecule has 1 rings (SSSR count). The van der Waals surface area contributed by atoms with Gasteiger partial charge >= 0.3 is 6.09 Å². The highest BCUT2D eigenvalue weighted by atomic mass is 16.6. The van der Waals surface area contributed by atoms with Crippen molar-refractivity contribution < 1.29 is 14.3 Å². The van der Waals surface area contributed by atoms with Crippen molar-refractivity contribution in [3.05, 3.63) is 18.2 Å². The Bertz CT molecular complexity index is 462. The van der Waals surface area contributed by atoms with Gasteiger partial charge in [-0.15, -0.1) is 0 Å². The van der Waals surface area contributed by atoms with E-state index in [4.69, 9.17) is 4.74 Å². The molecule has 1 aromatic rings. The van der Waals surface area contributed by atoms with Gasteiger partial charge in [-0.2, -0.15) is 0 Å². The summed E-state index contributed by atoms with van der Waals surface area (Å²) in [7, 11) is 0. The summed E-state index contributed by atoms with van der Waals surface area (Å²) >= 11 is 0. The minimum absolute atomic E-state index is 0.0935. The van der Waals surface area contributed by atoms with Crippen molar-refractivity contribution in [1.82, 2.24) is 20.2 Å². The third kappa shape index (κ3) is 5.73. The Morgan fingerprint density at radius 1 is 1.35 bits per heavy atom. The number of amides is 2. The van der Waals surface area contributed by atoms with Crippen LogP contribution in [0.3, 0.4) is 0 Å². The lowest BCUT2D eigenvalue weighted by Gasteiger charge is -2.19. The minimum Gasteiger partial charge on any atom is -0.444 e. The van der Waals surface area contributed by atoms with E-state index in [2.05, 4.69) is 15.6 Å². The van der Waals surface area contributed by atoms with Crippen molar-refractivity contribution in [2.75, 3.05) is 6.54 Å². The highest BCUT2D eigenvalue weighted by Gasteiger charge is 2.16. The van der Waals surface area contributed by atoms with Crippen LogP contribution in [-0.4, -0.2) is 33.7 Å². The number of carbonyl (C=O) groups is 2. The molecule has 0 unspecified atom stereocenters. The molecule has 0 aliphatic rings. The average Bonchev–Trinajstić information content (AvgIpc) is 2.71. The van der Waals surface area contributed by atoms with Gasteiger partial charge in [0.15, 0.2) is 0 Å². The maximum Gasteiger partial charge on any atom is 0.407 e. The van der Waals surface area contributed by atoms with E-state index in [1.165, 1.54) is 0 Å². The molecule has 7 nitrogen and oxygen atoms in total. The Balaban J connectivity index is 2.51. The molecule has 0 aromatic carbocycles. The summed E-state index contributed by atoms with van der Waals surface area (Å²) in [5.41, 5.74) is 0.202. The second kappa shape index (κ2) is 6.93. The van der Waals surface area contributed by atoms with Crippen molar-refractivity contribution in [1.29, 1.82) is 0 Å². The largest absolute Gasteiger partial charge is 0.444 e. The number of likely N-dealkylation sites (N-methyl/N-ethyl adjacent to an activating group) is 1. The fraction of sp³-hybridized carbons (Fsp3) is 0.615. The molecule has 2 N–H and O–H groups in total. The summed E-state index contributed by atoms with van der Waals surface area (Å²) in [4.78, 5) is 27.0. The molecule has 112 valence electrons. The number of carbonyl (C=O) groups excluding carboxylic acids is 2. The van der Waals surface area contributed by atoms with Gasteiger partial charge in [0.25, 0.3) is 0 Å². The minimum atomic E-state index is -0.536. The van der Waals surface area contributed by atoms with E-state index in [9.17, 15) is 9.59 Å². The molecule has 0 spiro atoms. The van der Waals surface area contributed by atoms with Crippen LogP contribution < -0.4 is 10.6 Å². The van der Waals surface area contributed by atoms with Crippen LogP contribution >= 0.6 is 0 Å². The number of nitrogens with zero attached hydrogens (tertiary/aromatic N) is 2. The van der Waals surface area contributed by atoms with Crippen molar-refractivity contribution in [2.45, 2.75) is 46.4 Å². The first-order chi connectivity index (χ1) is 9.31. The quantitative estimate of drug-likeness (QED) is 0.845. The van der Waals surface area contributed by atoms with Crippen molar-refractivity contribution in [3.8, 4) is 0 Å². The topological polar surface area (TPSA) is 85.3 Å². The first kappa shape index (κ1) is 16.0. The van der Waals surface area contributed by atoms with Crippen LogP contribution in [0.4, 0.5) is 4.79 Å². The van der Waals surface area contributed by atoms with E-state index in [1.54, 1.807) is 37.9 Å². The smallest absolute Gasteiger partial charge is 0.407 e. The molecule has 0 saturated heterocycles. The van der Waals surface area contributed by atoms with Gasteiger partial charge in [0.1, 0.15) is 12.1 Å². The number of aromatic nitrogens is 2. The van der Waals surface area contributed by atoms with E-state index in [1.807, 2.05) is 6.92 Å². The van der Waals surface area contributed by atoms with E-state index in [0.717, 1.165) is 5.69 Å². The Kier molecular flexibility index (Phi) is 5.54. The second-order valence-electron chi connectivity index (χ2n) is 5.32. The van der Waals surface area contributed by atoms with E-state index >= 15 is 0 Å². The molecule has 0 fully saturated rings. The molecule has 7 heteroatoms. The van der Waals surface area contributed by atoms with Crippen LogP contribution in [0.5, 0.6) is 0 Å². The lowest BCUT2D eigenvalue weighted by Crippen LogP contribution is -2.33. The molecule has 1 heterocycles. The summed E-state index contributed by atoms with van der Waals surface area (Å²) in [5.74, 6) is -0.0935. The summed E-state index contributed by atoms with van der Waals surface area (Å²) in [6, 6.07) is 0. The van der Waals surface area contributed by atoms with E-state index < -0.39 is 11.7 Å². The Morgan fingerprint density at radius 2 is 2.05 bits per heavy atom. The Labute approximate surface area is 118 Å². The molecule has 0 aliphatic carbocycles. The van der Waals surface area contributed by atoms with Crippen molar-refractivity contribution in [3.63, 3.8) is 0 Å². The normalized spacial score (nSPS) is 11.0. The standard InChI is InChI=1S/C13H22N4O3/c1-5-15-11(18)8-17-9-14-6-10(17)7-16-12(19)20-13(2,3)4/h6,9H,5,7-8H2,1-4H3,(H,15,18)(H,16,19). The number of alkyl carbamates (subject to hydrolysis) is 1. The maximum absolute atomic E-state index is 11.5. The van der Waals surface area contributed by atoms with Crippen molar-refractivity contribution >= 4 is 12.0 Å². The van der Waals surface area contributed by atoms with Crippen LogP contribution in [0.2, 0.25) is 0 Å². The highest BCUT2D eigenvalue weighted by molar-refractivity contribution is 5.75. The van der Waals surface area contributed by atoms with Crippen LogP contribution in [0.15, 0.2) is 12.5 Å². The predicted molar refractivity (Wildman–Crippen MR) is 74.0 cm³/mol.